The second-order valence-electron chi connectivity index (χ2n) is 4.12. The van der Waals surface area contributed by atoms with Gasteiger partial charge in [-0.25, -0.2) is 4.85 Å². The predicted molar refractivity (Wildman–Crippen MR) is 63.5 cm³/mol. The number of hydrogen-bond donors (Lipinski definition) is 0. The summed E-state index contributed by atoms with van der Waals surface area (Å²) in [4.78, 5) is 5.89. The fraction of sp³-hybridized carbons (Fsp3) is 0.462. The Morgan fingerprint density at radius 1 is 1.38 bits per heavy atom. The van der Waals surface area contributed by atoms with Gasteiger partial charge in [0, 0.05) is 19.6 Å². The lowest BCUT2D eigenvalue weighted by atomic mass is 10.1. The van der Waals surface area contributed by atoms with Crippen molar-refractivity contribution in [2.75, 3.05) is 26.3 Å². The third kappa shape index (κ3) is 2.60. The average Bonchev–Trinajstić information content (AvgIpc) is 2.33. The smallest absolute Gasteiger partial charge is 0.190 e. The Labute approximate surface area is 96.5 Å². The molecular weight excluding hydrogens is 200 g/mol. The van der Waals surface area contributed by atoms with Crippen molar-refractivity contribution in [3.8, 4) is 0 Å². The highest BCUT2D eigenvalue weighted by Crippen LogP contribution is 2.21. The molecule has 1 aromatic rings. The molecule has 0 unspecified atom stereocenters. The minimum atomic E-state index is 0.769. The fourth-order valence-electron chi connectivity index (χ4n) is 1.89. The zero-order valence-corrected chi connectivity index (χ0v) is 9.57. The van der Waals surface area contributed by atoms with Gasteiger partial charge in [0.25, 0.3) is 0 Å². The first-order valence-corrected chi connectivity index (χ1v) is 5.56. The molecule has 2 rings (SSSR count). The molecule has 3 nitrogen and oxygen atoms in total. The first kappa shape index (κ1) is 11.1. The van der Waals surface area contributed by atoms with E-state index in [0.717, 1.165) is 44.1 Å². The molecule has 1 saturated heterocycles. The molecule has 0 aromatic heterocycles. The van der Waals surface area contributed by atoms with Crippen molar-refractivity contribution >= 4 is 5.69 Å². The van der Waals surface area contributed by atoms with Gasteiger partial charge in [-0.2, -0.15) is 0 Å². The summed E-state index contributed by atoms with van der Waals surface area (Å²) in [6, 6.07) is 6.14. The van der Waals surface area contributed by atoms with E-state index in [2.05, 4.69) is 15.8 Å². The summed E-state index contributed by atoms with van der Waals surface area (Å²) in [7, 11) is 0. The van der Waals surface area contributed by atoms with E-state index in [1.807, 2.05) is 19.1 Å². The Kier molecular flexibility index (Phi) is 3.55. The normalized spacial score (nSPS) is 17.0. The molecule has 1 aliphatic rings. The summed E-state index contributed by atoms with van der Waals surface area (Å²) in [5.41, 5.74) is 3.05. The molecule has 0 aliphatic carbocycles. The number of morpholine rings is 1. The average molecular weight is 216 g/mol. The van der Waals surface area contributed by atoms with Gasteiger partial charge in [0.15, 0.2) is 5.69 Å². The van der Waals surface area contributed by atoms with Crippen molar-refractivity contribution in [3.63, 3.8) is 0 Å². The number of benzene rings is 1. The van der Waals surface area contributed by atoms with Gasteiger partial charge in [0.2, 0.25) is 0 Å². The van der Waals surface area contributed by atoms with E-state index in [1.165, 1.54) is 5.56 Å². The Morgan fingerprint density at radius 2 is 2.12 bits per heavy atom. The third-order valence-corrected chi connectivity index (χ3v) is 2.90. The van der Waals surface area contributed by atoms with Gasteiger partial charge in [0.05, 0.1) is 19.8 Å². The van der Waals surface area contributed by atoms with E-state index < -0.39 is 0 Å². The van der Waals surface area contributed by atoms with Crippen molar-refractivity contribution in [1.82, 2.24) is 4.90 Å². The van der Waals surface area contributed by atoms with E-state index in [-0.39, 0.29) is 0 Å². The summed E-state index contributed by atoms with van der Waals surface area (Å²) in [6.07, 6.45) is 0. The van der Waals surface area contributed by atoms with Crippen LogP contribution in [0.2, 0.25) is 0 Å². The highest BCUT2D eigenvalue weighted by molar-refractivity contribution is 5.53. The SMILES string of the molecule is [C-]#[N+]c1cc(CN2CCOCC2)ccc1C. The molecule has 1 fully saturated rings. The highest BCUT2D eigenvalue weighted by atomic mass is 16.5. The molecule has 0 N–H and O–H groups in total. The van der Waals surface area contributed by atoms with Crippen molar-refractivity contribution in [3.05, 3.63) is 40.7 Å². The lowest BCUT2D eigenvalue weighted by molar-refractivity contribution is 0.0342. The van der Waals surface area contributed by atoms with Crippen LogP contribution >= 0.6 is 0 Å². The van der Waals surface area contributed by atoms with Crippen molar-refractivity contribution in [2.45, 2.75) is 13.5 Å². The zero-order valence-electron chi connectivity index (χ0n) is 9.57. The topological polar surface area (TPSA) is 16.8 Å². The minimum Gasteiger partial charge on any atom is -0.379 e. The van der Waals surface area contributed by atoms with Crippen LogP contribution in [0.5, 0.6) is 0 Å². The van der Waals surface area contributed by atoms with Crippen molar-refractivity contribution in [2.24, 2.45) is 0 Å². The highest BCUT2D eigenvalue weighted by Gasteiger charge is 2.11. The number of nitrogens with zero attached hydrogens (tertiary/aromatic N) is 2. The van der Waals surface area contributed by atoms with E-state index in [1.54, 1.807) is 0 Å². The van der Waals surface area contributed by atoms with Crippen LogP contribution in [-0.2, 0) is 11.3 Å². The van der Waals surface area contributed by atoms with Crippen LogP contribution < -0.4 is 0 Å². The van der Waals surface area contributed by atoms with Gasteiger partial charge >= 0.3 is 0 Å². The molecule has 0 spiro atoms. The molecule has 1 aliphatic heterocycles. The second-order valence-corrected chi connectivity index (χ2v) is 4.12. The summed E-state index contributed by atoms with van der Waals surface area (Å²) >= 11 is 0. The van der Waals surface area contributed by atoms with Gasteiger partial charge in [0.1, 0.15) is 0 Å². The van der Waals surface area contributed by atoms with Gasteiger partial charge in [-0.05, 0) is 18.1 Å². The molecule has 0 atom stereocenters. The van der Waals surface area contributed by atoms with Crippen LogP contribution in [0.1, 0.15) is 11.1 Å². The predicted octanol–water partition coefficient (Wildman–Crippen LogP) is 2.38. The van der Waals surface area contributed by atoms with E-state index in [9.17, 15) is 0 Å². The summed E-state index contributed by atoms with van der Waals surface area (Å²) < 4.78 is 5.31. The standard InChI is InChI=1S/C13H16N2O/c1-11-3-4-12(9-13(11)14-2)10-15-5-7-16-8-6-15/h3-4,9H,5-8,10H2,1H3. The van der Waals surface area contributed by atoms with Gasteiger partial charge in [-0.3, -0.25) is 4.90 Å². The van der Waals surface area contributed by atoms with E-state index in [4.69, 9.17) is 11.3 Å². The molecule has 0 radical (unpaired) electrons. The van der Waals surface area contributed by atoms with Gasteiger partial charge < -0.3 is 4.74 Å². The van der Waals surface area contributed by atoms with Crippen LogP contribution in [0.15, 0.2) is 18.2 Å². The molecule has 84 valence electrons. The summed E-state index contributed by atoms with van der Waals surface area (Å²) in [5.74, 6) is 0. The van der Waals surface area contributed by atoms with Crippen LogP contribution in [0.4, 0.5) is 5.69 Å². The largest absolute Gasteiger partial charge is 0.379 e. The fourth-order valence-corrected chi connectivity index (χ4v) is 1.89. The third-order valence-electron chi connectivity index (χ3n) is 2.90. The first-order chi connectivity index (χ1) is 7.79. The number of hydrogen-bond acceptors (Lipinski definition) is 2. The molecule has 1 aromatic carbocycles. The van der Waals surface area contributed by atoms with Crippen molar-refractivity contribution in [1.29, 1.82) is 0 Å². The Hall–Kier alpha value is -1.37. The Morgan fingerprint density at radius 3 is 2.81 bits per heavy atom. The number of ether oxygens (including phenoxy) is 1. The quantitative estimate of drug-likeness (QED) is 0.706. The van der Waals surface area contributed by atoms with Gasteiger partial charge in [-0.15, -0.1) is 0 Å². The lowest BCUT2D eigenvalue weighted by Crippen LogP contribution is -2.35. The zero-order chi connectivity index (χ0) is 11.4. The van der Waals surface area contributed by atoms with Crippen LogP contribution in [0.3, 0.4) is 0 Å². The van der Waals surface area contributed by atoms with E-state index >= 15 is 0 Å². The Bertz CT molecular complexity index is 403. The molecule has 0 amide bonds. The molecule has 0 bridgehead atoms. The second kappa shape index (κ2) is 5.11. The summed E-state index contributed by atoms with van der Waals surface area (Å²) in [5, 5.41) is 0. The maximum absolute atomic E-state index is 7.09. The molecule has 3 heteroatoms. The lowest BCUT2D eigenvalue weighted by Gasteiger charge is -2.26. The first-order valence-electron chi connectivity index (χ1n) is 5.56. The van der Waals surface area contributed by atoms with Crippen LogP contribution in [0, 0.1) is 13.5 Å². The molecule has 0 saturated carbocycles. The number of aryl methyl sites for hydroxylation is 1. The molecule has 16 heavy (non-hydrogen) atoms. The maximum atomic E-state index is 7.09. The van der Waals surface area contributed by atoms with Crippen molar-refractivity contribution < 1.29 is 4.74 Å². The van der Waals surface area contributed by atoms with Crippen LogP contribution in [-0.4, -0.2) is 31.2 Å². The monoisotopic (exact) mass is 216 g/mol. The van der Waals surface area contributed by atoms with E-state index in [0.29, 0.717) is 0 Å². The number of rotatable bonds is 2. The van der Waals surface area contributed by atoms with Gasteiger partial charge in [-0.1, -0.05) is 18.2 Å². The molecular formula is C13H16N2O. The minimum absolute atomic E-state index is 0.769. The summed E-state index contributed by atoms with van der Waals surface area (Å²) in [6.45, 7) is 13.6. The van der Waals surface area contributed by atoms with Crippen LogP contribution in [0.25, 0.3) is 4.85 Å². The maximum Gasteiger partial charge on any atom is 0.190 e. The Balaban J connectivity index is 2.06. The molecule has 1 heterocycles.